The normalized spacial score (nSPS) is 18.7. The average Bonchev–Trinajstić information content (AvgIpc) is 3.57. The lowest BCUT2D eigenvalue weighted by atomic mass is 9.97. The Morgan fingerprint density at radius 2 is 1.90 bits per heavy atom. The van der Waals surface area contributed by atoms with Crippen molar-refractivity contribution in [3.05, 3.63) is 54.1 Å². The molecule has 2 N–H and O–H groups in total. The Morgan fingerprint density at radius 1 is 1.07 bits per heavy atom. The minimum absolute atomic E-state index is 0.00453. The van der Waals surface area contributed by atoms with Crippen LogP contribution in [-0.2, 0) is 4.79 Å². The van der Waals surface area contributed by atoms with Crippen LogP contribution >= 0.6 is 0 Å². The molecular weight excluding hydrogens is 388 g/mol. The van der Waals surface area contributed by atoms with E-state index in [9.17, 15) is 18.4 Å². The first-order chi connectivity index (χ1) is 14.5. The van der Waals surface area contributed by atoms with Gasteiger partial charge in [0, 0.05) is 30.9 Å². The standard InChI is InChI=1S/C23H25F2N3O2/c24-18-5-1-3-16(11-18)20-9-8-19(12-21(20)25)27-23(30)28-10-2-4-17(14-28)22(29)26-13-15-6-7-15/h1,3,5,8-9,11-12,15,17H,2,4,6-7,10,13-14H2,(H,26,29)(H,27,30). The van der Waals surface area contributed by atoms with E-state index in [2.05, 4.69) is 10.6 Å². The molecule has 7 heteroatoms. The number of hydrogen-bond donors (Lipinski definition) is 2. The Hall–Kier alpha value is -2.96. The maximum Gasteiger partial charge on any atom is 0.321 e. The molecule has 0 aromatic heterocycles. The molecule has 0 radical (unpaired) electrons. The summed E-state index contributed by atoms with van der Waals surface area (Å²) in [6.07, 6.45) is 3.86. The first-order valence-electron chi connectivity index (χ1n) is 10.4. The lowest BCUT2D eigenvalue weighted by Crippen LogP contribution is -2.47. The molecule has 1 saturated carbocycles. The largest absolute Gasteiger partial charge is 0.356 e. The first-order valence-corrected chi connectivity index (χ1v) is 10.4. The molecule has 3 amide bonds. The van der Waals surface area contributed by atoms with Gasteiger partial charge in [-0.25, -0.2) is 13.6 Å². The monoisotopic (exact) mass is 413 g/mol. The molecule has 0 spiro atoms. The fourth-order valence-electron chi connectivity index (χ4n) is 3.77. The highest BCUT2D eigenvalue weighted by Gasteiger charge is 2.30. The molecule has 0 bridgehead atoms. The number of nitrogens with one attached hydrogen (secondary N) is 2. The fourth-order valence-corrected chi connectivity index (χ4v) is 3.77. The molecule has 1 aliphatic heterocycles. The summed E-state index contributed by atoms with van der Waals surface area (Å²) in [7, 11) is 0. The van der Waals surface area contributed by atoms with Crippen LogP contribution in [0.25, 0.3) is 11.1 Å². The van der Waals surface area contributed by atoms with Gasteiger partial charge in [0.05, 0.1) is 5.92 Å². The highest BCUT2D eigenvalue weighted by atomic mass is 19.1. The third kappa shape index (κ3) is 4.96. The fraction of sp³-hybridized carbons (Fsp3) is 0.391. The van der Waals surface area contributed by atoms with E-state index in [4.69, 9.17) is 0 Å². The second kappa shape index (κ2) is 8.81. The maximum absolute atomic E-state index is 14.5. The molecule has 1 saturated heterocycles. The number of likely N-dealkylation sites (tertiary alicyclic amines) is 1. The second-order valence-corrected chi connectivity index (χ2v) is 8.11. The van der Waals surface area contributed by atoms with Crippen molar-refractivity contribution in [2.24, 2.45) is 11.8 Å². The van der Waals surface area contributed by atoms with Crippen LogP contribution < -0.4 is 10.6 Å². The summed E-state index contributed by atoms with van der Waals surface area (Å²) in [4.78, 5) is 26.6. The molecule has 2 fully saturated rings. The van der Waals surface area contributed by atoms with Crippen molar-refractivity contribution in [2.75, 3.05) is 25.0 Å². The number of anilines is 1. The van der Waals surface area contributed by atoms with E-state index in [-0.39, 0.29) is 23.4 Å². The number of hydrogen-bond acceptors (Lipinski definition) is 2. The number of piperidine rings is 1. The molecule has 2 aromatic carbocycles. The smallest absolute Gasteiger partial charge is 0.321 e. The minimum atomic E-state index is -0.547. The lowest BCUT2D eigenvalue weighted by Gasteiger charge is -2.32. The van der Waals surface area contributed by atoms with Crippen LogP contribution in [-0.4, -0.2) is 36.5 Å². The minimum Gasteiger partial charge on any atom is -0.356 e. The number of amides is 3. The van der Waals surface area contributed by atoms with Gasteiger partial charge in [-0.2, -0.15) is 0 Å². The van der Waals surface area contributed by atoms with Gasteiger partial charge in [-0.3, -0.25) is 4.79 Å². The van der Waals surface area contributed by atoms with Crippen molar-refractivity contribution in [1.82, 2.24) is 10.2 Å². The molecule has 1 unspecified atom stereocenters. The van der Waals surface area contributed by atoms with E-state index < -0.39 is 11.6 Å². The number of carbonyl (C=O) groups excluding carboxylic acids is 2. The summed E-state index contributed by atoms with van der Waals surface area (Å²) in [5.41, 5.74) is 1.01. The van der Waals surface area contributed by atoms with Gasteiger partial charge < -0.3 is 15.5 Å². The summed E-state index contributed by atoms with van der Waals surface area (Å²) in [5, 5.41) is 5.69. The predicted molar refractivity (Wildman–Crippen MR) is 111 cm³/mol. The predicted octanol–water partition coefficient (Wildman–Crippen LogP) is 4.40. The average molecular weight is 413 g/mol. The number of rotatable bonds is 5. The SMILES string of the molecule is O=C(NCC1CC1)C1CCCN(C(=O)Nc2ccc(-c3cccc(F)c3)c(F)c2)C1. The molecule has 1 aliphatic carbocycles. The zero-order valence-electron chi connectivity index (χ0n) is 16.7. The molecule has 4 rings (SSSR count). The van der Waals surface area contributed by atoms with Gasteiger partial charge in [0.25, 0.3) is 0 Å². The van der Waals surface area contributed by atoms with E-state index in [1.807, 2.05) is 0 Å². The molecule has 1 heterocycles. The third-order valence-electron chi connectivity index (χ3n) is 5.70. The van der Waals surface area contributed by atoms with E-state index >= 15 is 0 Å². The van der Waals surface area contributed by atoms with Crippen molar-refractivity contribution >= 4 is 17.6 Å². The van der Waals surface area contributed by atoms with Gasteiger partial charge in [0.2, 0.25) is 5.91 Å². The maximum atomic E-state index is 14.5. The van der Waals surface area contributed by atoms with Gasteiger partial charge in [0.15, 0.2) is 0 Å². The Kier molecular flexibility index (Phi) is 5.97. The van der Waals surface area contributed by atoms with Gasteiger partial charge >= 0.3 is 6.03 Å². The van der Waals surface area contributed by atoms with Crippen LogP contribution in [0.1, 0.15) is 25.7 Å². The van der Waals surface area contributed by atoms with Crippen molar-refractivity contribution < 1.29 is 18.4 Å². The van der Waals surface area contributed by atoms with E-state index in [0.29, 0.717) is 30.3 Å². The summed E-state index contributed by atoms with van der Waals surface area (Å²) in [6, 6.07) is 9.69. The van der Waals surface area contributed by atoms with E-state index in [0.717, 1.165) is 19.4 Å². The van der Waals surface area contributed by atoms with Crippen LogP contribution in [0.5, 0.6) is 0 Å². The number of halogens is 2. The Balaban J connectivity index is 1.37. The van der Waals surface area contributed by atoms with Gasteiger partial charge in [0.1, 0.15) is 11.6 Å². The number of benzene rings is 2. The molecular formula is C23H25F2N3O2. The number of nitrogens with zero attached hydrogens (tertiary/aromatic N) is 1. The Bertz CT molecular complexity index is 946. The van der Waals surface area contributed by atoms with E-state index in [1.54, 1.807) is 17.0 Å². The molecule has 5 nitrogen and oxygen atoms in total. The highest BCUT2D eigenvalue weighted by molar-refractivity contribution is 5.90. The van der Waals surface area contributed by atoms with Crippen LogP contribution in [0.3, 0.4) is 0 Å². The number of carbonyl (C=O) groups is 2. The van der Waals surface area contributed by atoms with Crippen molar-refractivity contribution in [3.8, 4) is 11.1 Å². The van der Waals surface area contributed by atoms with Crippen molar-refractivity contribution in [1.29, 1.82) is 0 Å². The van der Waals surface area contributed by atoms with Crippen LogP contribution in [0.4, 0.5) is 19.3 Å². The number of urea groups is 1. The molecule has 30 heavy (non-hydrogen) atoms. The van der Waals surface area contributed by atoms with Crippen LogP contribution in [0.2, 0.25) is 0 Å². The zero-order valence-corrected chi connectivity index (χ0v) is 16.7. The van der Waals surface area contributed by atoms with Crippen molar-refractivity contribution in [3.63, 3.8) is 0 Å². The second-order valence-electron chi connectivity index (χ2n) is 8.11. The topological polar surface area (TPSA) is 61.4 Å². The Morgan fingerprint density at radius 3 is 2.63 bits per heavy atom. The van der Waals surface area contributed by atoms with Gasteiger partial charge in [-0.15, -0.1) is 0 Å². The molecule has 158 valence electrons. The Labute approximate surface area is 174 Å². The summed E-state index contributed by atoms with van der Waals surface area (Å²) in [6.45, 7) is 1.63. The molecule has 2 aliphatic rings. The quantitative estimate of drug-likeness (QED) is 0.763. The summed E-state index contributed by atoms with van der Waals surface area (Å²) >= 11 is 0. The third-order valence-corrected chi connectivity index (χ3v) is 5.70. The molecule has 2 aromatic rings. The first kappa shape index (κ1) is 20.3. The van der Waals surface area contributed by atoms with Gasteiger partial charge in [-0.1, -0.05) is 12.1 Å². The van der Waals surface area contributed by atoms with Gasteiger partial charge in [-0.05, 0) is 67.5 Å². The zero-order chi connectivity index (χ0) is 21.1. The lowest BCUT2D eigenvalue weighted by molar-refractivity contribution is -0.126. The van der Waals surface area contributed by atoms with Crippen LogP contribution in [0.15, 0.2) is 42.5 Å². The summed E-state index contributed by atoms with van der Waals surface area (Å²) in [5.74, 6) is -0.582. The molecule has 1 atom stereocenters. The highest BCUT2D eigenvalue weighted by Crippen LogP contribution is 2.28. The van der Waals surface area contributed by atoms with Crippen LogP contribution in [0, 0.1) is 23.5 Å². The summed E-state index contributed by atoms with van der Waals surface area (Å²) < 4.78 is 28.0. The van der Waals surface area contributed by atoms with E-state index in [1.165, 1.54) is 43.2 Å². The van der Waals surface area contributed by atoms with Crippen molar-refractivity contribution in [2.45, 2.75) is 25.7 Å².